The molecule has 4 rings (SSSR count). The Morgan fingerprint density at radius 2 is 1.92 bits per heavy atom. The SMILES string of the molecule is C[C@H]1CC[C@H](C(=O)N2Cc3cccnc3Nc3ccccc32)CC1. The fraction of sp³-hybridized carbons (Fsp3) is 0.400. The molecule has 4 nitrogen and oxygen atoms in total. The summed E-state index contributed by atoms with van der Waals surface area (Å²) in [4.78, 5) is 19.7. The van der Waals surface area contributed by atoms with Crippen molar-refractivity contribution >= 4 is 23.1 Å². The number of amides is 1. The fourth-order valence-corrected chi connectivity index (χ4v) is 3.80. The number of pyridine rings is 1. The number of nitrogens with one attached hydrogen (secondary N) is 1. The summed E-state index contributed by atoms with van der Waals surface area (Å²) in [5.74, 6) is 2.00. The molecule has 0 saturated heterocycles. The van der Waals surface area contributed by atoms with Crippen LogP contribution in [-0.4, -0.2) is 10.9 Å². The summed E-state index contributed by atoms with van der Waals surface area (Å²) in [5, 5.41) is 3.39. The molecule has 1 N–H and O–H groups in total. The van der Waals surface area contributed by atoms with Gasteiger partial charge >= 0.3 is 0 Å². The number of anilines is 3. The lowest BCUT2D eigenvalue weighted by molar-refractivity contribution is -0.123. The average Bonchev–Trinajstić information content (AvgIpc) is 2.78. The van der Waals surface area contributed by atoms with Gasteiger partial charge in [0.15, 0.2) is 0 Å². The van der Waals surface area contributed by atoms with E-state index in [0.717, 1.165) is 54.4 Å². The first kappa shape index (κ1) is 15.2. The lowest BCUT2D eigenvalue weighted by Crippen LogP contribution is -2.37. The molecule has 0 bridgehead atoms. The van der Waals surface area contributed by atoms with Crippen molar-refractivity contribution in [1.82, 2.24) is 4.98 Å². The van der Waals surface area contributed by atoms with Gasteiger partial charge in [-0.25, -0.2) is 4.98 Å². The smallest absolute Gasteiger partial charge is 0.230 e. The topological polar surface area (TPSA) is 45.2 Å². The first-order chi connectivity index (χ1) is 11.7. The van der Waals surface area contributed by atoms with Crippen LogP contribution in [0.3, 0.4) is 0 Å². The zero-order chi connectivity index (χ0) is 16.5. The molecule has 2 aliphatic rings. The van der Waals surface area contributed by atoms with Crippen LogP contribution in [0.25, 0.3) is 0 Å². The highest BCUT2D eigenvalue weighted by Gasteiger charge is 2.31. The standard InChI is InChI=1S/C20H23N3O/c1-14-8-10-15(11-9-14)20(24)23-13-16-5-4-12-21-19(16)22-17-6-2-3-7-18(17)23/h2-7,12,14-15H,8-11,13H2,1H3,(H,21,22)/t14-,15-. The predicted molar refractivity (Wildman–Crippen MR) is 96.3 cm³/mol. The molecule has 1 fully saturated rings. The highest BCUT2D eigenvalue weighted by molar-refractivity contribution is 5.99. The molecule has 0 atom stereocenters. The average molecular weight is 321 g/mol. The van der Waals surface area contributed by atoms with Crippen molar-refractivity contribution in [3.8, 4) is 0 Å². The third-order valence-corrected chi connectivity index (χ3v) is 5.30. The Balaban J connectivity index is 1.70. The van der Waals surface area contributed by atoms with Gasteiger partial charge in [-0.3, -0.25) is 4.79 Å². The lowest BCUT2D eigenvalue weighted by Gasteiger charge is -2.31. The maximum Gasteiger partial charge on any atom is 0.230 e. The van der Waals surface area contributed by atoms with Crippen LogP contribution < -0.4 is 10.2 Å². The van der Waals surface area contributed by atoms with E-state index in [1.54, 1.807) is 6.20 Å². The van der Waals surface area contributed by atoms with Crippen molar-refractivity contribution in [2.24, 2.45) is 11.8 Å². The van der Waals surface area contributed by atoms with E-state index in [1.165, 1.54) is 0 Å². The lowest BCUT2D eigenvalue weighted by atomic mass is 9.82. The molecule has 2 heterocycles. The van der Waals surface area contributed by atoms with Gasteiger partial charge in [0.1, 0.15) is 5.82 Å². The Labute approximate surface area is 142 Å². The molecule has 1 saturated carbocycles. The van der Waals surface area contributed by atoms with Gasteiger partial charge in [0, 0.05) is 17.7 Å². The van der Waals surface area contributed by atoms with Crippen molar-refractivity contribution < 1.29 is 4.79 Å². The zero-order valence-corrected chi connectivity index (χ0v) is 14.0. The van der Waals surface area contributed by atoms with Gasteiger partial charge in [0.2, 0.25) is 5.91 Å². The van der Waals surface area contributed by atoms with E-state index in [4.69, 9.17) is 0 Å². The molecule has 1 aromatic carbocycles. The summed E-state index contributed by atoms with van der Waals surface area (Å²) < 4.78 is 0. The van der Waals surface area contributed by atoms with E-state index in [1.807, 2.05) is 41.3 Å². The molecule has 1 aromatic heterocycles. The number of aromatic nitrogens is 1. The van der Waals surface area contributed by atoms with Gasteiger partial charge in [0.25, 0.3) is 0 Å². The Kier molecular flexibility index (Phi) is 3.97. The molecule has 1 aliphatic heterocycles. The molecule has 4 heteroatoms. The molecule has 124 valence electrons. The van der Waals surface area contributed by atoms with Gasteiger partial charge in [-0.2, -0.15) is 0 Å². The molecular formula is C20H23N3O. The van der Waals surface area contributed by atoms with E-state index in [9.17, 15) is 4.79 Å². The summed E-state index contributed by atoms with van der Waals surface area (Å²) in [7, 11) is 0. The number of para-hydroxylation sites is 2. The number of fused-ring (bicyclic) bond motifs is 2. The molecule has 0 spiro atoms. The number of hydrogen-bond donors (Lipinski definition) is 1. The van der Waals surface area contributed by atoms with Gasteiger partial charge in [-0.1, -0.05) is 25.1 Å². The first-order valence-electron chi connectivity index (χ1n) is 8.83. The number of rotatable bonds is 1. The van der Waals surface area contributed by atoms with Crippen molar-refractivity contribution in [3.63, 3.8) is 0 Å². The minimum atomic E-state index is 0.146. The third kappa shape index (κ3) is 2.77. The van der Waals surface area contributed by atoms with Gasteiger partial charge in [-0.05, 0) is 49.8 Å². The molecule has 1 aliphatic carbocycles. The summed E-state index contributed by atoms with van der Waals surface area (Å²) in [5.41, 5.74) is 2.97. The fourth-order valence-electron chi connectivity index (χ4n) is 3.80. The number of carbonyl (C=O) groups excluding carboxylic acids is 1. The van der Waals surface area contributed by atoms with Crippen molar-refractivity contribution in [2.75, 3.05) is 10.2 Å². The maximum absolute atomic E-state index is 13.3. The Hall–Kier alpha value is -2.36. The van der Waals surface area contributed by atoms with E-state index in [2.05, 4.69) is 17.2 Å². The minimum Gasteiger partial charge on any atom is -0.338 e. The number of carbonyl (C=O) groups is 1. The van der Waals surface area contributed by atoms with Gasteiger partial charge < -0.3 is 10.2 Å². The van der Waals surface area contributed by atoms with Gasteiger partial charge in [-0.15, -0.1) is 0 Å². The summed E-state index contributed by atoms with van der Waals surface area (Å²) in [6.07, 6.45) is 6.11. The van der Waals surface area contributed by atoms with Crippen molar-refractivity contribution in [1.29, 1.82) is 0 Å². The third-order valence-electron chi connectivity index (χ3n) is 5.30. The second-order valence-corrected chi connectivity index (χ2v) is 7.03. The summed E-state index contributed by atoms with van der Waals surface area (Å²) in [6.45, 7) is 2.87. The quantitative estimate of drug-likeness (QED) is 0.841. The highest BCUT2D eigenvalue weighted by Crippen LogP contribution is 2.37. The second kappa shape index (κ2) is 6.27. The maximum atomic E-state index is 13.3. The van der Waals surface area contributed by atoms with Crippen LogP contribution in [0.15, 0.2) is 42.6 Å². The van der Waals surface area contributed by atoms with E-state index < -0.39 is 0 Å². The summed E-state index contributed by atoms with van der Waals surface area (Å²) in [6, 6.07) is 12.0. The molecule has 0 unspecified atom stereocenters. The van der Waals surface area contributed by atoms with Crippen LogP contribution in [0.4, 0.5) is 17.2 Å². The predicted octanol–water partition coefficient (Wildman–Crippen LogP) is 4.50. The number of benzene rings is 1. The molecular weight excluding hydrogens is 298 g/mol. The highest BCUT2D eigenvalue weighted by atomic mass is 16.2. The Bertz CT molecular complexity index is 750. The largest absolute Gasteiger partial charge is 0.338 e. The molecule has 1 amide bonds. The normalized spacial score (nSPS) is 22.8. The van der Waals surface area contributed by atoms with Crippen LogP contribution in [0.5, 0.6) is 0 Å². The zero-order valence-electron chi connectivity index (χ0n) is 14.0. The van der Waals surface area contributed by atoms with E-state index in [-0.39, 0.29) is 11.8 Å². The Morgan fingerprint density at radius 1 is 1.12 bits per heavy atom. The van der Waals surface area contributed by atoms with Crippen LogP contribution >= 0.6 is 0 Å². The van der Waals surface area contributed by atoms with Crippen molar-refractivity contribution in [2.45, 2.75) is 39.2 Å². The minimum absolute atomic E-state index is 0.146. The Morgan fingerprint density at radius 3 is 2.75 bits per heavy atom. The van der Waals surface area contributed by atoms with Crippen LogP contribution in [0.2, 0.25) is 0 Å². The number of hydrogen-bond acceptors (Lipinski definition) is 3. The molecule has 24 heavy (non-hydrogen) atoms. The van der Waals surface area contributed by atoms with Gasteiger partial charge in [0.05, 0.1) is 17.9 Å². The van der Waals surface area contributed by atoms with E-state index in [0.29, 0.717) is 6.54 Å². The van der Waals surface area contributed by atoms with Crippen molar-refractivity contribution in [3.05, 3.63) is 48.2 Å². The molecule has 0 radical (unpaired) electrons. The first-order valence-corrected chi connectivity index (χ1v) is 8.83. The van der Waals surface area contributed by atoms with Crippen LogP contribution in [0.1, 0.15) is 38.2 Å². The summed E-state index contributed by atoms with van der Waals surface area (Å²) >= 11 is 0. The number of nitrogens with zero attached hydrogens (tertiary/aromatic N) is 2. The van der Waals surface area contributed by atoms with Crippen LogP contribution in [0, 0.1) is 11.8 Å². The second-order valence-electron chi connectivity index (χ2n) is 7.03. The van der Waals surface area contributed by atoms with E-state index >= 15 is 0 Å². The van der Waals surface area contributed by atoms with Crippen LogP contribution in [-0.2, 0) is 11.3 Å². The monoisotopic (exact) mass is 321 g/mol. The molecule has 2 aromatic rings.